The van der Waals surface area contributed by atoms with E-state index in [1.807, 2.05) is 20.8 Å². The first-order valence-corrected chi connectivity index (χ1v) is 5.93. The van der Waals surface area contributed by atoms with Crippen LogP contribution < -0.4 is 4.74 Å². The third-order valence-electron chi connectivity index (χ3n) is 2.74. The van der Waals surface area contributed by atoms with Crippen LogP contribution >= 0.6 is 15.9 Å². The van der Waals surface area contributed by atoms with Crippen LogP contribution in [0.25, 0.3) is 5.95 Å². The first kappa shape index (κ1) is 12.0. The molecule has 2 rings (SSSR count). The quantitative estimate of drug-likeness (QED) is 0.854. The number of methoxy groups -OCH3 is 1. The Kier molecular flexibility index (Phi) is 3.15. The van der Waals surface area contributed by atoms with Gasteiger partial charge in [-0.05, 0) is 42.3 Å². The van der Waals surface area contributed by atoms with Crippen molar-refractivity contribution in [2.75, 3.05) is 7.11 Å². The smallest absolute Gasteiger partial charge is 0.254 e. The van der Waals surface area contributed by atoms with E-state index in [1.165, 1.54) is 0 Å². The van der Waals surface area contributed by atoms with Gasteiger partial charge in [-0.1, -0.05) is 0 Å². The maximum absolute atomic E-state index is 5.14. The van der Waals surface area contributed by atoms with Gasteiger partial charge in [0.25, 0.3) is 5.95 Å². The summed E-state index contributed by atoms with van der Waals surface area (Å²) in [5, 5.41) is 4.41. The molecule has 0 bridgehead atoms. The van der Waals surface area contributed by atoms with E-state index in [2.05, 4.69) is 31.0 Å². The predicted octanol–water partition coefficient (Wildman–Crippen LogP) is 2.36. The second-order valence-electron chi connectivity index (χ2n) is 3.73. The number of aromatic nitrogens is 4. The molecule has 0 N–H and O–H groups in total. The van der Waals surface area contributed by atoms with Gasteiger partial charge < -0.3 is 4.74 Å². The highest BCUT2D eigenvalue weighted by atomic mass is 79.9. The van der Waals surface area contributed by atoms with Gasteiger partial charge in [-0.3, -0.25) is 0 Å². The lowest BCUT2D eigenvalue weighted by Gasteiger charge is -2.05. The molecule has 2 aromatic heterocycles. The van der Waals surface area contributed by atoms with Gasteiger partial charge in [0.1, 0.15) is 0 Å². The topological polar surface area (TPSA) is 52.8 Å². The normalized spacial score (nSPS) is 10.6. The van der Waals surface area contributed by atoms with Crippen LogP contribution in [0.4, 0.5) is 0 Å². The average Bonchev–Trinajstić information content (AvgIpc) is 2.58. The Morgan fingerprint density at radius 3 is 2.53 bits per heavy atom. The molecule has 2 heterocycles. The van der Waals surface area contributed by atoms with E-state index in [4.69, 9.17) is 4.74 Å². The van der Waals surface area contributed by atoms with Crippen LogP contribution in [0.15, 0.2) is 10.7 Å². The second kappa shape index (κ2) is 4.44. The minimum Gasteiger partial charge on any atom is -0.480 e. The van der Waals surface area contributed by atoms with E-state index in [-0.39, 0.29) is 0 Å². The molecule has 5 nitrogen and oxygen atoms in total. The van der Waals surface area contributed by atoms with Crippen LogP contribution in [0, 0.1) is 20.8 Å². The number of rotatable bonds is 2. The molecule has 0 aliphatic heterocycles. The molecular weight excluding hydrogens is 284 g/mol. The molecular formula is C11H13BrN4O. The summed E-state index contributed by atoms with van der Waals surface area (Å²) in [5.41, 5.74) is 3.16. The Morgan fingerprint density at radius 1 is 1.29 bits per heavy atom. The molecule has 0 amide bonds. The van der Waals surface area contributed by atoms with E-state index in [9.17, 15) is 0 Å². The lowest BCUT2D eigenvalue weighted by atomic mass is 10.2. The van der Waals surface area contributed by atoms with Crippen molar-refractivity contribution in [3.63, 3.8) is 0 Å². The zero-order valence-corrected chi connectivity index (χ0v) is 11.7. The summed E-state index contributed by atoms with van der Waals surface area (Å²) in [7, 11) is 1.57. The predicted molar refractivity (Wildman–Crippen MR) is 67.6 cm³/mol. The van der Waals surface area contributed by atoms with Crippen LogP contribution in [-0.2, 0) is 0 Å². The lowest BCUT2D eigenvalue weighted by Crippen LogP contribution is -2.06. The van der Waals surface area contributed by atoms with Gasteiger partial charge >= 0.3 is 0 Å². The fourth-order valence-corrected chi connectivity index (χ4v) is 1.86. The zero-order chi connectivity index (χ0) is 12.6. The molecule has 0 aromatic carbocycles. The number of halogens is 1. The highest BCUT2D eigenvalue weighted by Gasteiger charge is 2.13. The van der Waals surface area contributed by atoms with Crippen LogP contribution in [0.3, 0.4) is 0 Å². The summed E-state index contributed by atoms with van der Waals surface area (Å²) in [6, 6.07) is 0. The Labute approximate surface area is 108 Å². The number of hydrogen-bond acceptors (Lipinski definition) is 4. The maximum Gasteiger partial charge on any atom is 0.254 e. The van der Waals surface area contributed by atoms with E-state index >= 15 is 0 Å². The van der Waals surface area contributed by atoms with Gasteiger partial charge in [-0.2, -0.15) is 10.1 Å². The van der Waals surface area contributed by atoms with Crippen molar-refractivity contribution in [3.05, 3.63) is 27.6 Å². The molecule has 0 aliphatic rings. The summed E-state index contributed by atoms with van der Waals surface area (Å²) in [6.07, 6.45) is 1.66. The molecule has 6 heteroatoms. The monoisotopic (exact) mass is 296 g/mol. The van der Waals surface area contributed by atoms with Crippen LogP contribution in [-0.4, -0.2) is 26.9 Å². The van der Waals surface area contributed by atoms with Crippen LogP contribution in [0.2, 0.25) is 0 Å². The Hall–Kier alpha value is -1.43. The first-order chi connectivity index (χ1) is 8.04. The fourth-order valence-electron chi connectivity index (χ4n) is 1.50. The Morgan fingerprint density at radius 2 is 2.00 bits per heavy atom. The lowest BCUT2D eigenvalue weighted by molar-refractivity contribution is 0.392. The SMILES string of the molecule is COc1nc(-n2nc(C)c(C)c2C)ncc1Br. The van der Waals surface area contributed by atoms with Crippen LogP contribution in [0.1, 0.15) is 17.0 Å². The van der Waals surface area contributed by atoms with E-state index in [0.29, 0.717) is 11.8 Å². The van der Waals surface area contributed by atoms with Crippen molar-refractivity contribution in [1.29, 1.82) is 0 Å². The summed E-state index contributed by atoms with van der Waals surface area (Å²) >= 11 is 3.32. The standard InChI is InChI=1S/C11H13BrN4O/c1-6-7(2)15-16(8(6)3)11-13-5-9(12)10(14-11)17-4/h5H,1-4H3. The third-order valence-corrected chi connectivity index (χ3v) is 3.28. The van der Waals surface area contributed by atoms with Gasteiger partial charge in [0.15, 0.2) is 0 Å². The highest BCUT2D eigenvalue weighted by molar-refractivity contribution is 9.10. The molecule has 0 aliphatic carbocycles. The number of ether oxygens (including phenoxy) is 1. The summed E-state index contributed by atoms with van der Waals surface area (Å²) in [5.74, 6) is 1.01. The van der Waals surface area contributed by atoms with Gasteiger partial charge in [-0.25, -0.2) is 9.67 Å². The van der Waals surface area contributed by atoms with Gasteiger partial charge in [0.05, 0.1) is 23.5 Å². The molecule has 90 valence electrons. The molecule has 0 unspecified atom stereocenters. The molecule has 17 heavy (non-hydrogen) atoms. The minimum atomic E-state index is 0.500. The van der Waals surface area contributed by atoms with Crippen molar-refractivity contribution < 1.29 is 4.74 Å². The molecule has 0 saturated heterocycles. The van der Waals surface area contributed by atoms with E-state index in [1.54, 1.807) is 18.0 Å². The highest BCUT2D eigenvalue weighted by Crippen LogP contribution is 2.22. The fraction of sp³-hybridized carbons (Fsp3) is 0.364. The maximum atomic E-state index is 5.14. The molecule has 0 spiro atoms. The van der Waals surface area contributed by atoms with Crippen molar-refractivity contribution in [1.82, 2.24) is 19.7 Å². The van der Waals surface area contributed by atoms with Gasteiger partial charge in [-0.15, -0.1) is 0 Å². The molecule has 2 aromatic rings. The van der Waals surface area contributed by atoms with Gasteiger partial charge in [0.2, 0.25) is 5.88 Å². The first-order valence-electron chi connectivity index (χ1n) is 5.14. The summed E-state index contributed by atoms with van der Waals surface area (Å²) in [6.45, 7) is 5.99. The Bertz CT molecular complexity index is 565. The summed E-state index contributed by atoms with van der Waals surface area (Å²) < 4.78 is 7.59. The molecule has 0 atom stereocenters. The number of hydrogen-bond donors (Lipinski definition) is 0. The second-order valence-corrected chi connectivity index (χ2v) is 4.59. The molecule has 0 radical (unpaired) electrons. The number of nitrogens with zero attached hydrogens (tertiary/aromatic N) is 4. The van der Waals surface area contributed by atoms with Crippen LogP contribution in [0.5, 0.6) is 5.88 Å². The zero-order valence-electron chi connectivity index (χ0n) is 10.2. The molecule has 0 saturated carbocycles. The van der Waals surface area contributed by atoms with Crippen molar-refractivity contribution in [3.8, 4) is 11.8 Å². The largest absolute Gasteiger partial charge is 0.480 e. The Balaban J connectivity index is 2.57. The molecule has 0 fully saturated rings. The van der Waals surface area contributed by atoms with E-state index in [0.717, 1.165) is 21.4 Å². The average molecular weight is 297 g/mol. The van der Waals surface area contributed by atoms with Crippen molar-refractivity contribution >= 4 is 15.9 Å². The third kappa shape index (κ3) is 2.04. The van der Waals surface area contributed by atoms with Gasteiger partial charge in [0, 0.05) is 5.69 Å². The minimum absolute atomic E-state index is 0.500. The van der Waals surface area contributed by atoms with Crippen molar-refractivity contribution in [2.24, 2.45) is 0 Å². The van der Waals surface area contributed by atoms with E-state index < -0.39 is 0 Å². The van der Waals surface area contributed by atoms with Crippen molar-refractivity contribution in [2.45, 2.75) is 20.8 Å². The number of aryl methyl sites for hydroxylation is 1. The summed E-state index contributed by atoms with van der Waals surface area (Å²) in [4.78, 5) is 8.53.